The van der Waals surface area contributed by atoms with Crippen molar-refractivity contribution in [1.29, 1.82) is 0 Å². The molecule has 0 saturated heterocycles. The summed E-state index contributed by atoms with van der Waals surface area (Å²) in [5, 5.41) is 8.98. The highest BCUT2D eigenvalue weighted by Crippen LogP contribution is 2.21. The van der Waals surface area contributed by atoms with Crippen LogP contribution in [-0.2, 0) is 16.0 Å². The second kappa shape index (κ2) is 6.02. The average Bonchev–Trinajstić information content (AvgIpc) is 2.48. The highest BCUT2D eigenvalue weighted by atomic mass is 16.5. The van der Waals surface area contributed by atoms with Gasteiger partial charge in [-0.25, -0.2) is 4.79 Å². The molecule has 0 saturated carbocycles. The van der Waals surface area contributed by atoms with Crippen LogP contribution in [0.25, 0.3) is 11.1 Å². The van der Waals surface area contributed by atoms with Crippen LogP contribution in [0.1, 0.15) is 15.9 Å². The van der Waals surface area contributed by atoms with Gasteiger partial charge in [-0.2, -0.15) is 0 Å². The van der Waals surface area contributed by atoms with Gasteiger partial charge >= 0.3 is 11.9 Å². The average molecular weight is 270 g/mol. The number of carbonyl (C=O) groups excluding carboxylic acids is 1. The van der Waals surface area contributed by atoms with Gasteiger partial charge in [-0.3, -0.25) is 4.79 Å². The fourth-order valence-electron chi connectivity index (χ4n) is 1.89. The molecule has 4 nitrogen and oxygen atoms in total. The van der Waals surface area contributed by atoms with Gasteiger partial charge in [-0.1, -0.05) is 36.4 Å². The van der Waals surface area contributed by atoms with Gasteiger partial charge in [-0.15, -0.1) is 0 Å². The van der Waals surface area contributed by atoms with Crippen molar-refractivity contribution in [1.82, 2.24) is 0 Å². The topological polar surface area (TPSA) is 63.6 Å². The van der Waals surface area contributed by atoms with Gasteiger partial charge in [0.15, 0.2) is 0 Å². The van der Waals surface area contributed by atoms with E-state index in [0.29, 0.717) is 0 Å². The van der Waals surface area contributed by atoms with Gasteiger partial charge < -0.3 is 9.84 Å². The minimum Gasteiger partial charge on any atom is -0.478 e. The van der Waals surface area contributed by atoms with Gasteiger partial charge in [0.2, 0.25) is 0 Å². The smallest absolute Gasteiger partial charge is 0.335 e. The van der Waals surface area contributed by atoms with Crippen LogP contribution >= 0.6 is 0 Å². The number of carboxylic acid groups (broad SMARTS) is 1. The lowest BCUT2D eigenvalue weighted by Gasteiger charge is -2.05. The molecule has 102 valence electrons. The first-order valence-corrected chi connectivity index (χ1v) is 6.09. The molecule has 4 heteroatoms. The molecule has 0 bridgehead atoms. The summed E-state index contributed by atoms with van der Waals surface area (Å²) in [6.45, 7) is 0. The number of carbonyl (C=O) groups is 2. The highest BCUT2D eigenvalue weighted by Gasteiger charge is 2.06. The van der Waals surface area contributed by atoms with E-state index in [9.17, 15) is 9.59 Å². The van der Waals surface area contributed by atoms with Crippen molar-refractivity contribution in [3.8, 4) is 11.1 Å². The second-order valence-corrected chi connectivity index (χ2v) is 4.34. The van der Waals surface area contributed by atoms with Crippen molar-refractivity contribution in [2.24, 2.45) is 0 Å². The molecular weight excluding hydrogens is 256 g/mol. The number of carboxylic acids is 1. The van der Waals surface area contributed by atoms with Gasteiger partial charge in [-0.05, 0) is 28.8 Å². The molecule has 0 fully saturated rings. The summed E-state index contributed by atoms with van der Waals surface area (Å²) in [5.41, 5.74) is 2.84. The van der Waals surface area contributed by atoms with Gasteiger partial charge in [0, 0.05) is 0 Å². The monoisotopic (exact) mass is 270 g/mol. The third kappa shape index (κ3) is 3.23. The Morgan fingerprint density at radius 2 is 1.75 bits per heavy atom. The first kappa shape index (κ1) is 13.8. The SMILES string of the molecule is COC(=O)Cc1ccc(-c2cccc(C(=O)O)c2)cc1. The molecule has 2 rings (SSSR count). The minimum atomic E-state index is -0.950. The fourth-order valence-corrected chi connectivity index (χ4v) is 1.89. The van der Waals surface area contributed by atoms with E-state index in [1.54, 1.807) is 18.2 Å². The van der Waals surface area contributed by atoms with Crippen LogP contribution in [0.5, 0.6) is 0 Å². The van der Waals surface area contributed by atoms with Gasteiger partial charge in [0.1, 0.15) is 0 Å². The molecule has 0 aliphatic heterocycles. The van der Waals surface area contributed by atoms with Crippen LogP contribution in [-0.4, -0.2) is 24.2 Å². The quantitative estimate of drug-likeness (QED) is 0.868. The van der Waals surface area contributed by atoms with E-state index in [4.69, 9.17) is 5.11 Å². The number of rotatable bonds is 4. The van der Waals surface area contributed by atoms with Crippen molar-refractivity contribution >= 4 is 11.9 Å². The first-order valence-electron chi connectivity index (χ1n) is 6.09. The summed E-state index contributed by atoms with van der Waals surface area (Å²) in [6, 6.07) is 14.1. The molecule has 0 aromatic heterocycles. The second-order valence-electron chi connectivity index (χ2n) is 4.34. The van der Waals surface area contributed by atoms with Crippen LogP contribution < -0.4 is 0 Å². The minimum absolute atomic E-state index is 0.228. The lowest BCUT2D eigenvalue weighted by atomic mass is 10.0. The molecule has 0 unspecified atom stereocenters. The Kier molecular flexibility index (Phi) is 4.15. The van der Waals surface area contributed by atoms with Crippen molar-refractivity contribution in [3.63, 3.8) is 0 Å². The van der Waals surface area contributed by atoms with E-state index in [0.717, 1.165) is 16.7 Å². The maximum Gasteiger partial charge on any atom is 0.335 e. The van der Waals surface area contributed by atoms with Crippen LogP contribution in [0.15, 0.2) is 48.5 Å². The molecular formula is C16H14O4. The Morgan fingerprint density at radius 3 is 2.35 bits per heavy atom. The number of ether oxygens (including phenoxy) is 1. The van der Waals surface area contributed by atoms with Crippen molar-refractivity contribution in [2.75, 3.05) is 7.11 Å². The summed E-state index contributed by atoms with van der Waals surface area (Å²) in [5.74, 6) is -1.24. The Balaban J connectivity index is 2.23. The molecule has 1 N–H and O–H groups in total. The number of hydrogen-bond acceptors (Lipinski definition) is 3. The predicted octanol–water partition coefficient (Wildman–Crippen LogP) is 2.77. The number of hydrogen-bond donors (Lipinski definition) is 1. The molecule has 2 aromatic carbocycles. The lowest BCUT2D eigenvalue weighted by molar-refractivity contribution is -0.139. The van der Waals surface area contributed by atoms with Crippen LogP contribution in [0.2, 0.25) is 0 Å². The van der Waals surface area contributed by atoms with Crippen LogP contribution in [0, 0.1) is 0 Å². The fraction of sp³-hybridized carbons (Fsp3) is 0.125. The Bertz CT molecular complexity index is 629. The number of esters is 1. The Morgan fingerprint density at radius 1 is 1.05 bits per heavy atom. The molecule has 0 amide bonds. The molecule has 0 aliphatic carbocycles. The summed E-state index contributed by atoms with van der Waals surface area (Å²) >= 11 is 0. The van der Waals surface area contributed by atoms with Crippen LogP contribution in [0.4, 0.5) is 0 Å². The molecule has 0 spiro atoms. The Hall–Kier alpha value is -2.62. The number of benzene rings is 2. The van der Waals surface area contributed by atoms with Crippen molar-refractivity contribution in [2.45, 2.75) is 6.42 Å². The standard InChI is InChI=1S/C16H14O4/c1-20-15(17)9-11-5-7-12(8-6-11)13-3-2-4-14(10-13)16(18)19/h2-8,10H,9H2,1H3,(H,18,19). The zero-order valence-corrected chi connectivity index (χ0v) is 11.0. The van der Waals surface area contributed by atoms with Crippen molar-refractivity contribution < 1.29 is 19.4 Å². The maximum absolute atomic E-state index is 11.2. The molecule has 2 aromatic rings. The van der Waals surface area contributed by atoms with Gasteiger partial charge in [0.25, 0.3) is 0 Å². The van der Waals surface area contributed by atoms with E-state index in [1.807, 2.05) is 30.3 Å². The van der Waals surface area contributed by atoms with Gasteiger partial charge in [0.05, 0.1) is 19.1 Å². The summed E-state index contributed by atoms with van der Waals surface area (Å²) < 4.78 is 4.61. The zero-order chi connectivity index (χ0) is 14.5. The summed E-state index contributed by atoms with van der Waals surface area (Å²) in [7, 11) is 1.36. The normalized spacial score (nSPS) is 10.1. The van der Waals surface area contributed by atoms with E-state index in [-0.39, 0.29) is 18.0 Å². The number of methoxy groups -OCH3 is 1. The molecule has 0 atom stereocenters. The van der Waals surface area contributed by atoms with E-state index < -0.39 is 5.97 Å². The maximum atomic E-state index is 11.2. The van der Waals surface area contributed by atoms with E-state index >= 15 is 0 Å². The largest absolute Gasteiger partial charge is 0.478 e. The third-order valence-corrected chi connectivity index (χ3v) is 2.97. The molecule has 0 radical (unpaired) electrons. The zero-order valence-electron chi connectivity index (χ0n) is 11.0. The summed E-state index contributed by atoms with van der Waals surface area (Å²) in [4.78, 5) is 22.1. The Labute approximate surface area is 116 Å². The van der Waals surface area contributed by atoms with Crippen molar-refractivity contribution in [3.05, 3.63) is 59.7 Å². The molecule has 20 heavy (non-hydrogen) atoms. The van der Waals surface area contributed by atoms with Crippen LogP contribution in [0.3, 0.4) is 0 Å². The molecule has 0 heterocycles. The van der Waals surface area contributed by atoms with E-state index in [2.05, 4.69) is 4.74 Å². The highest BCUT2D eigenvalue weighted by molar-refractivity contribution is 5.89. The molecule has 0 aliphatic rings. The predicted molar refractivity (Wildman–Crippen MR) is 74.6 cm³/mol. The lowest BCUT2D eigenvalue weighted by Crippen LogP contribution is -2.04. The first-order chi connectivity index (χ1) is 9.60. The number of aromatic carboxylic acids is 1. The van der Waals surface area contributed by atoms with E-state index in [1.165, 1.54) is 7.11 Å². The summed E-state index contributed by atoms with van der Waals surface area (Å²) in [6.07, 6.45) is 0.228. The third-order valence-electron chi connectivity index (χ3n) is 2.97.